The highest BCUT2D eigenvalue weighted by atomic mass is 35.5. The lowest BCUT2D eigenvalue weighted by Gasteiger charge is -2.33. The number of carbonyl (C=O) groups excluding carboxylic acids is 2. The van der Waals surface area contributed by atoms with Crippen molar-refractivity contribution in [2.24, 2.45) is 0 Å². The second-order valence-corrected chi connectivity index (χ2v) is 18.6. The Bertz CT molecular complexity index is 3000. The molecule has 4 aromatic carbocycles. The standard InChI is InChI=1S/C58H61ClN8O6/c1-3-7-52(64-57(68)45(37-60)34-47-17-11-40-9-5-6-10-54(40)62-47)42-15-21-50(22-16-42)72-31-26-67-27-32-73-55(39-67)44-33-43-12-18-48(63-56(43)51(59)36-44)35-46(38-61)58(69)65-53(8-4-2)41-13-19-49(20-14-41)71-30-25-66-23-28-70-29-24-66/h5-6,9-22,33-36,52-53,55H,3-4,7-8,23-32,39H2,1-2H3,(H,64,68)(H,65,69)/b45-34+,46-35+. The number of aromatic nitrogens is 2. The van der Waals surface area contributed by atoms with Gasteiger partial charge in [0.05, 0.1) is 65.5 Å². The van der Waals surface area contributed by atoms with E-state index < -0.39 is 11.8 Å². The first-order valence-corrected chi connectivity index (χ1v) is 25.5. The average molecular weight is 1000 g/mol. The van der Waals surface area contributed by atoms with Crippen molar-refractivity contribution in [3.05, 3.63) is 153 Å². The van der Waals surface area contributed by atoms with Gasteiger partial charge in [0.2, 0.25) is 0 Å². The molecular weight excluding hydrogens is 940 g/mol. The van der Waals surface area contributed by atoms with Crippen molar-refractivity contribution in [1.29, 1.82) is 10.5 Å². The molecule has 0 spiro atoms. The molecule has 2 saturated heterocycles. The summed E-state index contributed by atoms with van der Waals surface area (Å²) in [4.78, 5) is 40.8. The maximum Gasteiger partial charge on any atom is 0.262 e. The normalized spacial score (nSPS) is 16.5. The zero-order valence-corrected chi connectivity index (χ0v) is 42.2. The molecule has 0 aliphatic carbocycles. The van der Waals surface area contributed by atoms with Gasteiger partial charge < -0.3 is 29.6 Å². The smallest absolute Gasteiger partial charge is 0.262 e. The van der Waals surface area contributed by atoms with Crippen LogP contribution in [0.5, 0.6) is 11.5 Å². The molecule has 8 rings (SSSR count). The maximum absolute atomic E-state index is 13.5. The third-order valence-corrected chi connectivity index (χ3v) is 13.3. The molecule has 15 heteroatoms. The Morgan fingerprint density at radius 3 is 1.85 bits per heavy atom. The Morgan fingerprint density at radius 1 is 0.712 bits per heavy atom. The molecule has 0 bridgehead atoms. The molecule has 73 heavy (non-hydrogen) atoms. The summed E-state index contributed by atoms with van der Waals surface area (Å²) in [6.07, 6.45) is 5.85. The van der Waals surface area contributed by atoms with Gasteiger partial charge in [-0.3, -0.25) is 19.4 Å². The number of nitrogens with one attached hydrogen (secondary N) is 2. The number of hydrogen-bond donors (Lipinski definition) is 2. The average Bonchev–Trinajstić information content (AvgIpc) is 3.42. The molecule has 3 unspecified atom stereocenters. The first-order chi connectivity index (χ1) is 35.7. The van der Waals surface area contributed by atoms with Gasteiger partial charge in [0, 0.05) is 50.0 Å². The lowest BCUT2D eigenvalue weighted by Crippen LogP contribution is -2.40. The van der Waals surface area contributed by atoms with E-state index in [1.54, 1.807) is 12.1 Å². The number of halogens is 1. The van der Waals surface area contributed by atoms with Gasteiger partial charge >= 0.3 is 0 Å². The number of rotatable bonds is 21. The number of amides is 2. The van der Waals surface area contributed by atoms with Crippen LogP contribution in [0.3, 0.4) is 0 Å². The third-order valence-electron chi connectivity index (χ3n) is 13.0. The van der Waals surface area contributed by atoms with E-state index in [0.717, 1.165) is 91.0 Å². The van der Waals surface area contributed by atoms with Crippen molar-refractivity contribution in [3.8, 4) is 23.6 Å². The Kier molecular flexibility index (Phi) is 18.6. The highest BCUT2D eigenvalue weighted by Crippen LogP contribution is 2.32. The summed E-state index contributed by atoms with van der Waals surface area (Å²) >= 11 is 6.89. The van der Waals surface area contributed by atoms with Gasteiger partial charge in [0.1, 0.15) is 48.0 Å². The molecule has 2 fully saturated rings. The van der Waals surface area contributed by atoms with Gasteiger partial charge in [-0.15, -0.1) is 0 Å². The maximum atomic E-state index is 13.5. The highest BCUT2D eigenvalue weighted by molar-refractivity contribution is 6.35. The number of carbonyl (C=O) groups is 2. The minimum atomic E-state index is -0.479. The van der Waals surface area contributed by atoms with E-state index in [-0.39, 0.29) is 29.3 Å². The second-order valence-electron chi connectivity index (χ2n) is 18.2. The van der Waals surface area contributed by atoms with E-state index in [9.17, 15) is 20.1 Å². The van der Waals surface area contributed by atoms with Crippen LogP contribution in [0.4, 0.5) is 0 Å². The highest BCUT2D eigenvalue weighted by Gasteiger charge is 2.24. The number of nitriles is 2. The van der Waals surface area contributed by atoms with Crippen LogP contribution in [-0.2, 0) is 19.1 Å². The Balaban J connectivity index is 0.828. The molecule has 376 valence electrons. The summed E-state index contributed by atoms with van der Waals surface area (Å²) in [7, 11) is 0. The topological polar surface area (TPSA) is 175 Å². The van der Waals surface area contributed by atoms with E-state index in [0.29, 0.717) is 73.4 Å². The SMILES string of the molecule is CCCC(NC(=O)/C(C#N)=C/c1ccc2cc(C3CN(CCOc4ccc(C(CCC)NC(=O)/C(C#N)=C/c5ccc6ccccc6n5)cc4)CCO3)cc(Cl)c2n1)c1ccc(OCCN2CCOCC2)cc1. The van der Waals surface area contributed by atoms with Crippen LogP contribution in [0, 0.1) is 22.7 Å². The van der Waals surface area contributed by atoms with Crippen LogP contribution in [0.25, 0.3) is 34.0 Å². The van der Waals surface area contributed by atoms with Gasteiger partial charge in [0.25, 0.3) is 11.8 Å². The van der Waals surface area contributed by atoms with Gasteiger partial charge in [-0.1, -0.05) is 92.9 Å². The summed E-state index contributed by atoms with van der Waals surface area (Å²) in [5, 5.41) is 28.3. The Labute approximate surface area is 432 Å². The van der Waals surface area contributed by atoms with Crippen LogP contribution in [-0.4, -0.2) is 104 Å². The Hall–Kier alpha value is -7.17. The van der Waals surface area contributed by atoms with Crippen LogP contribution in [0.15, 0.2) is 120 Å². The zero-order chi connectivity index (χ0) is 50.9. The van der Waals surface area contributed by atoms with Crippen molar-refractivity contribution in [1.82, 2.24) is 30.4 Å². The van der Waals surface area contributed by atoms with Crippen molar-refractivity contribution in [2.75, 3.05) is 72.3 Å². The minimum absolute atomic E-state index is 0.00996. The summed E-state index contributed by atoms with van der Waals surface area (Å²) in [5.74, 6) is 0.549. The summed E-state index contributed by atoms with van der Waals surface area (Å²) < 4.78 is 23.8. The number of para-hydroxylation sites is 1. The van der Waals surface area contributed by atoms with E-state index in [1.165, 1.54) is 12.2 Å². The van der Waals surface area contributed by atoms with Crippen molar-refractivity contribution >= 4 is 57.4 Å². The molecule has 14 nitrogen and oxygen atoms in total. The number of ether oxygens (including phenoxy) is 4. The molecule has 0 radical (unpaired) electrons. The first kappa shape index (κ1) is 52.2. The fraction of sp³-hybridized carbons (Fsp3) is 0.345. The van der Waals surface area contributed by atoms with E-state index in [2.05, 4.69) is 51.4 Å². The first-order valence-electron chi connectivity index (χ1n) is 25.1. The van der Waals surface area contributed by atoms with Crippen molar-refractivity contribution in [2.45, 2.75) is 57.7 Å². The number of hydrogen-bond acceptors (Lipinski definition) is 12. The molecule has 2 amide bonds. The van der Waals surface area contributed by atoms with Crippen LogP contribution in [0.2, 0.25) is 5.02 Å². The number of pyridine rings is 2. The molecule has 0 saturated carbocycles. The number of fused-ring (bicyclic) bond motifs is 2. The largest absolute Gasteiger partial charge is 0.492 e. The lowest BCUT2D eigenvalue weighted by molar-refractivity contribution is -0.118. The second kappa shape index (κ2) is 26.0. The van der Waals surface area contributed by atoms with Gasteiger partial charge in [-0.25, -0.2) is 9.97 Å². The molecule has 2 aromatic heterocycles. The molecule has 4 heterocycles. The lowest BCUT2D eigenvalue weighted by atomic mass is 10.0. The van der Waals surface area contributed by atoms with Crippen molar-refractivity contribution in [3.63, 3.8) is 0 Å². The number of nitrogens with zero attached hydrogens (tertiary/aromatic N) is 6. The molecular formula is C58H61ClN8O6. The summed E-state index contributed by atoms with van der Waals surface area (Å²) in [6.45, 7) is 11.9. The monoisotopic (exact) mass is 1000 g/mol. The van der Waals surface area contributed by atoms with Gasteiger partial charge in [-0.2, -0.15) is 10.5 Å². The fourth-order valence-corrected chi connectivity index (χ4v) is 9.33. The van der Waals surface area contributed by atoms with E-state index >= 15 is 0 Å². The predicted molar refractivity (Wildman–Crippen MR) is 284 cm³/mol. The predicted octanol–water partition coefficient (Wildman–Crippen LogP) is 9.73. The zero-order valence-electron chi connectivity index (χ0n) is 41.4. The molecule has 2 aliphatic heterocycles. The van der Waals surface area contributed by atoms with E-state index in [1.807, 2.05) is 97.1 Å². The fourth-order valence-electron chi connectivity index (χ4n) is 9.05. The molecule has 2 aliphatic rings. The minimum Gasteiger partial charge on any atom is -0.492 e. The summed E-state index contributed by atoms with van der Waals surface area (Å²) in [6, 6.07) is 38.0. The Morgan fingerprint density at radius 2 is 1.26 bits per heavy atom. The quantitative estimate of drug-likeness (QED) is 0.0517. The van der Waals surface area contributed by atoms with Gasteiger partial charge in [0.15, 0.2) is 0 Å². The van der Waals surface area contributed by atoms with Crippen LogP contribution in [0.1, 0.15) is 85.8 Å². The molecule has 6 aromatic rings. The summed E-state index contributed by atoms with van der Waals surface area (Å²) in [5.41, 5.74) is 5.03. The van der Waals surface area contributed by atoms with Crippen LogP contribution >= 0.6 is 11.6 Å². The molecule has 3 atom stereocenters. The van der Waals surface area contributed by atoms with Gasteiger partial charge in [-0.05, 0) is 96.3 Å². The van der Waals surface area contributed by atoms with E-state index in [4.69, 9.17) is 35.5 Å². The van der Waals surface area contributed by atoms with Crippen molar-refractivity contribution < 1.29 is 28.5 Å². The number of morpholine rings is 2. The number of benzene rings is 4. The third kappa shape index (κ3) is 14.3. The molecule has 2 N–H and O–H groups in total. The van der Waals surface area contributed by atoms with Crippen LogP contribution < -0.4 is 20.1 Å².